The summed E-state index contributed by atoms with van der Waals surface area (Å²) in [5.74, 6) is 0.659. The smallest absolute Gasteiger partial charge is 0.253 e. The Bertz CT molecular complexity index is 177. The van der Waals surface area contributed by atoms with Gasteiger partial charge in [0.25, 0.3) is 5.91 Å². The van der Waals surface area contributed by atoms with Gasteiger partial charge >= 0.3 is 0 Å². The Kier molecular flexibility index (Phi) is 4.78. The minimum atomic E-state index is -1.26. The van der Waals surface area contributed by atoms with Crippen LogP contribution in [0.3, 0.4) is 0 Å². The van der Waals surface area contributed by atoms with Gasteiger partial charge in [0, 0.05) is 18.8 Å². The summed E-state index contributed by atoms with van der Waals surface area (Å²) in [6.07, 6.45) is 2.00. The van der Waals surface area contributed by atoms with E-state index in [9.17, 15) is 9.90 Å². The molecule has 0 aliphatic carbocycles. The van der Waals surface area contributed by atoms with Crippen LogP contribution in [0.1, 0.15) is 20.8 Å². The molecule has 0 spiro atoms. The highest BCUT2D eigenvalue weighted by molar-refractivity contribution is 7.98. The molecule has 1 atom stereocenters. The molecule has 0 radical (unpaired) electrons. The van der Waals surface area contributed by atoms with Gasteiger partial charge in [0.1, 0.15) is 5.60 Å². The van der Waals surface area contributed by atoms with Gasteiger partial charge in [-0.25, -0.2) is 0 Å². The number of aliphatic hydroxyl groups is 1. The number of carbonyl (C=O) groups is 1. The lowest BCUT2D eigenvalue weighted by atomic mass is 10.1. The highest BCUT2D eigenvalue weighted by Crippen LogP contribution is 2.11. The van der Waals surface area contributed by atoms with Crippen LogP contribution >= 0.6 is 11.8 Å². The van der Waals surface area contributed by atoms with Gasteiger partial charge in [-0.05, 0) is 27.0 Å². The van der Waals surface area contributed by atoms with Gasteiger partial charge < -0.3 is 10.0 Å². The van der Waals surface area contributed by atoms with Crippen molar-refractivity contribution in [2.75, 3.05) is 19.1 Å². The maximum Gasteiger partial charge on any atom is 0.253 e. The van der Waals surface area contributed by atoms with E-state index in [0.29, 0.717) is 0 Å². The fraction of sp³-hybridized carbons (Fsp3) is 0.889. The Morgan fingerprint density at radius 2 is 2.08 bits per heavy atom. The maximum absolute atomic E-state index is 11.5. The Morgan fingerprint density at radius 1 is 1.62 bits per heavy atom. The first-order valence-electron chi connectivity index (χ1n) is 4.29. The van der Waals surface area contributed by atoms with Crippen molar-refractivity contribution >= 4 is 17.7 Å². The summed E-state index contributed by atoms with van der Waals surface area (Å²) in [7, 11) is 1.72. The molecule has 13 heavy (non-hydrogen) atoms. The van der Waals surface area contributed by atoms with Gasteiger partial charge in [0.05, 0.1) is 0 Å². The fourth-order valence-electron chi connectivity index (χ4n) is 0.985. The third kappa shape index (κ3) is 4.00. The molecule has 4 heteroatoms. The summed E-state index contributed by atoms with van der Waals surface area (Å²) in [6, 6.07) is 0.161. The average molecular weight is 205 g/mol. The van der Waals surface area contributed by atoms with Gasteiger partial charge in [-0.2, -0.15) is 11.8 Å². The highest BCUT2D eigenvalue weighted by Gasteiger charge is 2.29. The number of carbonyl (C=O) groups excluding carboxylic acids is 1. The first-order valence-corrected chi connectivity index (χ1v) is 5.68. The number of hydrogen-bond acceptors (Lipinski definition) is 3. The van der Waals surface area contributed by atoms with Crippen molar-refractivity contribution in [3.63, 3.8) is 0 Å². The Labute approximate surface area is 84.5 Å². The van der Waals surface area contributed by atoms with Crippen LogP contribution in [0.5, 0.6) is 0 Å². The molecule has 1 N–H and O–H groups in total. The van der Waals surface area contributed by atoms with E-state index < -0.39 is 5.60 Å². The third-order valence-corrected chi connectivity index (χ3v) is 2.73. The Balaban J connectivity index is 4.26. The second kappa shape index (κ2) is 4.86. The Morgan fingerprint density at radius 3 is 2.38 bits per heavy atom. The molecule has 0 aromatic carbocycles. The molecule has 1 unspecified atom stereocenters. The molecular weight excluding hydrogens is 186 g/mol. The van der Waals surface area contributed by atoms with E-state index in [1.165, 1.54) is 13.8 Å². The number of likely N-dealkylation sites (N-methyl/N-ethyl adjacent to an activating group) is 1. The first kappa shape index (κ1) is 12.8. The van der Waals surface area contributed by atoms with Crippen molar-refractivity contribution in [2.45, 2.75) is 32.4 Å². The predicted molar refractivity (Wildman–Crippen MR) is 56.9 cm³/mol. The van der Waals surface area contributed by atoms with E-state index in [4.69, 9.17) is 0 Å². The normalized spacial score (nSPS) is 14.0. The molecule has 78 valence electrons. The lowest BCUT2D eigenvalue weighted by Gasteiger charge is -2.29. The predicted octanol–water partition coefficient (Wildman–Crippen LogP) is 0.967. The highest BCUT2D eigenvalue weighted by atomic mass is 32.2. The SMILES string of the molecule is CSCC(C)N(C)C(=O)C(C)(C)O. The summed E-state index contributed by atoms with van der Waals surface area (Å²) < 4.78 is 0. The van der Waals surface area contributed by atoms with E-state index in [1.54, 1.807) is 23.7 Å². The zero-order chi connectivity index (χ0) is 10.6. The molecule has 0 fully saturated rings. The number of rotatable bonds is 4. The average Bonchev–Trinajstić information content (AvgIpc) is 2.00. The number of amides is 1. The standard InChI is InChI=1S/C9H19NO2S/c1-7(6-13-5)10(4)8(11)9(2,3)12/h7,12H,6H2,1-5H3. The molecule has 0 aromatic rings. The number of nitrogens with zero attached hydrogens (tertiary/aromatic N) is 1. The lowest BCUT2D eigenvalue weighted by molar-refractivity contribution is -0.147. The first-order chi connectivity index (χ1) is 5.80. The van der Waals surface area contributed by atoms with Crippen molar-refractivity contribution in [2.24, 2.45) is 0 Å². The third-order valence-electron chi connectivity index (χ3n) is 1.91. The van der Waals surface area contributed by atoms with E-state index >= 15 is 0 Å². The molecule has 0 aliphatic heterocycles. The summed E-state index contributed by atoms with van der Waals surface area (Å²) in [5, 5.41) is 9.48. The van der Waals surface area contributed by atoms with E-state index in [1.807, 2.05) is 13.2 Å². The number of thioether (sulfide) groups is 1. The molecule has 0 rings (SSSR count). The van der Waals surface area contributed by atoms with E-state index in [-0.39, 0.29) is 11.9 Å². The lowest BCUT2D eigenvalue weighted by Crippen LogP contribution is -2.47. The second-order valence-corrected chi connectivity index (χ2v) is 4.69. The van der Waals surface area contributed by atoms with Crippen LogP contribution < -0.4 is 0 Å². The van der Waals surface area contributed by atoms with Crippen LogP contribution in [0.25, 0.3) is 0 Å². The molecule has 0 saturated carbocycles. The summed E-state index contributed by atoms with van der Waals surface area (Å²) in [4.78, 5) is 13.1. The molecule has 1 amide bonds. The van der Waals surface area contributed by atoms with E-state index in [2.05, 4.69) is 0 Å². The molecule has 3 nitrogen and oxygen atoms in total. The largest absolute Gasteiger partial charge is 0.381 e. The summed E-state index contributed by atoms with van der Waals surface area (Å²) in [5.41, 5.74) is -1.26. The van der Waals surface area contributed by atoms with Crippen LogP contribution in [0.4, 0.5) is 0 Å². The Hall–Kier alpha value is -0.220. The molecule has 0 aromatic heterocycles. The van der Waals surface area contributed by atoms with Crippen molar-refractivity contribution in [1.82, 2.24) is 4.90 Å². The van der Waals surface area contributed by atoms with Crippen LogP contribution in [-0.2, 0) is 4.79 Å². The van der Waals surface area contributed by atoms with Gasteiger partial charge in [0.15, 0.2) is 0 Å². The zero-order valence-corrected chi connectivity index (χ0v) is 9.81. The van der Waals surface area contributed by atoms with Crippen molar-refractivity contribution in [3.8, 4) is 0 Å². The van der Waals surface area contributed by atoms with Crippen LogP contribution in [-0.4, -0.2) is 46.6 Å². The van der Waals surface area contributed by atoms with Crippen molar-refractivity contribution in [1.29, 1.82) is 0 Å². The van der Waals surface area contributed by atoms with Crippen LogP contribution in [0, 0.1) is 0 Å². The second-order valence-electron chi connectivity index (χ2n) is 3.78. The molecule has 0 aliphatic rings. The quantitative estimate of drug-likeness (QED) is 0.743. The molecular formula is C9H19NO2S. The molecule has 0 saturated heterocycles. The zero-order valence-electron chi connectivity index (χ0n) is 9.00. The van der Waals surface area contributed by atoms with Gasteiger partial charge in [-0.1, -0.05) is 0 Å². The summed E-state index contributed by atoms with van der Waals surface area (Å²) >= 11 is 1.69. The summed E-state index contributed by atoms with van der Waals surface area (Å²) in [6.45, 7) is 5.00. The van der Waals surface area contributed by atoms with Crippen molar-refractivity contribution < 1.29 is 9.90 Å². The van der Waals surface area contributed by atoms with Gasteiger partial charge in [0.2, 0.25) is 0 Å². The molecule has 0 heterocycles. The van der Waals surface area contributed by atoms with Crippen LogP contribution in [0.15, 0.2) is 0 Å². The molecule has 0 bridgehead atoms. The minimum Gasteiger partial charge on any atom is -0.381 e. The fourth-order valence-corrected chi connectivity index (χ4v) is 1.69. The van der Waals surface area contributed by atoms with Gasteiger partial charge in [-0.3, -0.25) is 4.79 Å². The maximum atomic E-state index is 11.5. The van der Waals surface area contributed by atoms with Gasteiger partial charge in [-0.15, -0.1) is 0 Å². The van der Waals surface area contributed by atoms with E-state index in [0.717, 1.165) is 5.75 Å². The van der Waals surface area contributed by atoms with Crippen LogP contribution in [0.2, 0.25) is 0 Å². The van der Waals surface area contributed by atoms with Crippen molar-refractivity contribution in [3.05, 3.63) is 0 Å². The minimum absolute atomic E-state index is 0.161. The monoisotopic (exact) mass is 205 g/mol. The topological polar surface area (TPSA) is 40.5 Å². The number of hydrogen-bond donors (Lipinski definition) is 1.